The second-order valence-electron chi connectivity index (χ2n) is 4.01. The van der Waals surface area contributed by atoms with Crippen molar-refractivity contribution >= 4 is 12.6 Å². The van der Waals surface area contributed by atoms with Crippen LogP contribution in [0.1, 0.15) is 57.8 Å². The Morgan fingerprint density at radius 3 is 1.57 bits per heavy atom. The van der Waals surface area contributed by atoms with Crippen LogP contribution in [-0.2, 0) is 0 Å². The molecular weight excluding hydrogens is 190 g/mol. The summed E-state index contributed by atoms with van der Waals surface area (Å²) >= 11 is 4.21. The van der Waals surface area contributed by atoms with Crippen LogP contribution in [0.4, 0.5) is 0 Å². The Balaban J connectivity index is 2.78. The Morgan fingerprint density at radius 2 is 1.14 bits per heavy atom. The average Bonchev–Trinajstić information content (AvgIpc) is 2.21. The minimum atomic E-state index is 1.06. The Labute approximate surface area is 95.5 Å². The molecule has 0 aliphatic rings. The zero-order valence-corrected chi connectivity index (χ0v) is 10.6. The Kier molecular flexibility index (Phi) is 13.6. The molecule has 0 atom stereocenters. The summed E-state index contributed by atoms with van der Waals surface area (Å²) in [6.07, 6.45) is 12.6. The van der Waals surface area contributed by atoms with Gasteiger partial charge in [0.15, 0.2) is 0 Å². The van der Waals surface area contributed by atoms with E-state index in [1.54, 1.807) is 0 Å². The van der Waals surface area contributed by atoms with E-state index in [1.807, 2.05) is 7.05 Å². The molecular formula is C12H27NS. The maximum atomic E-state index is 4.21. The van der Waals surface area contributed by atoms with Crippen molar-refractivity contribution in [2.75, 3.05) is 19.3 Å². The van der Waals surface area contributed by atoms with Crippen molar-refractivity contribution in [3.63, 3.8) is 0 Å². The van der Waals surface area contributed by atoms with Gasteiger partial charge in [-0.25, -0.2) is 0 Å². The molecule has 0 aromatic heterocycles. The first-order valence-corrected chi connectivity index (χ1v) is 6.80. The quantitative estimate of drug-likeness (QED) is 0.398. The van der Waals surface area contributed by atoms with Crippen molar-refractivity contribution < 1.29 is 0 Å². The fourth-order valence-corrected chi connectivity index (χ4v) is 1.87. The molecule has 0 unspecified atom stereocenters. The van der Waals surface area contributed by atoms with E-state index < -0.39 is 0 Å². The normalized spacial score (nSPS) is 10.7. The number of hydrogen-bond acceptors (Lipinski definition) is 2. The molecule has 0 aliphatic carbocycles. The van der Waals surface area contributed by atoms with Crippen molar-refractivity contribution in [3.8, 4) is 0 Å². The molecule has 0 radical (unpaired) electrons. The third-order valence-electron chi connectivity index (χ3n) is 2.58. The Hall–Kier alpha value is 0.310. The van der Waals surface area contributed by atoms with Gasteiger partial charge in [-0.2, -0.15) is 12.6 Å². The van der Waals surface area contributed by atoms with Crippen LogP contribution in [0.15, 0.2) is 0 Å². The molecule has 0 spiro atoms. The molecule has 0 bridgehead atoms. The highest BCUT2D eigenvalue weighted by molar-refractivity contribution is 7.80. The molecule has 86 valence electrons. The molecule has 0 saturated carbocycles. The molecule has 0 rings (SSSR count). The fourth-order valence-electron chi connectivity index (χ4n) is 1.65. The topological polar surface area (TPSA) is 12.0 Å². The lowest BCUT2D eigenvalue weighted by molar-refractivity contribution is 0.559. The standard InChI is InChI=1S/C12H27NS/c1-13-11-9-7-5-3-2-4-6-8-10-12-14/h13-14H,2-12H2,1H3. The molecule has 0 aliphatic heterocycles. The highest BCUT2D eigenvalue weighted by Gasteiger charge is 1.91. The number of nitrogens with one attached hydrogen (secondary N) is 1. The van der Waals surface area contributed by atoms with Gasteiger partial charge in [-0.05, 0) is 32.2 Å². The molecule has 0 saturated heterocycles. The number of thiol groups is 1. The van der Waals surface area contributed by atoms with Crippen molar-refractivity contribution in [2.24, 2.45) is 0 Å². The van der Waals surface area contributed by atoms with Gasteiger partial charge in [0.2, 0.25) is 0 Å². The monoisotopic (exact) mass is 217 g/mol. The maximum Gasteiger partial charge on any atom is -0.00519 e. The highest BCUT2D eigenvalue weighted by atomic mass is 32.1. The van der Waals surface area contributed by atoms with Gasteiger partial charge in [-0.1, -0.05) is 44.9 Å². The number of rotatable bonds is 11. The van der Waals surface area contributed by atoms with Crippen molar-refractivity contribution in [1.82, 2.24) is 5.32 Å². The van der Waals surface area contributed by atoms with Gasteiger partial charge in [-0.15, -0.1) is 0 Å². The summed E-state index contributed by atoms with van der Waals surface area (Å²) in [4.78, 5) is 0. The summed E-state index contributed by atoms with van der Waals surface area (Å²) in [5, 5.41) is 3.19. The van der Waals surface area contributed by atoms with Crippen molar-refractivity contribution in [2.45, 2.75) is 57.8 Å². The van der Waals surface area contributed by atoms with Crippen LogP contribution >= 0.6 is 12.6 Å². The van der Waals surface area contributed by atoms with Crippen molar-refractivity contribution in [1.29, 1.82) is 0 Å². The van der Waals surface area contributed by atoms with Crippen LogP contribution in [0.25, 0.3) is 0 Å². The van der Waals surface area contributed by atoms with Gasteiger partial charge < -0.3 is 5.32 Å². The molecule has 0 amide bonds. The maximum absolute atomic E-state index is 4.21. The first kappa shape index (κ1) is 14.3. The second-order valence-corrected chi connectivity index (χ2v) is 4.46. The SMILES string of the molecule is CNCCCCCCCCCCCS. The van der Waals surface area contributed by atoms with Gasteiger partial charge in [0, 0.05) is 0 Å². The van der Waals surface area contributed by atoms with Gasteiger partial charge in [0.05, 0.1) is 0 Å². The van der Waals surface area contributed by atoms with Crippen LogP contribution in [0.2, 0.25) is 0 Å². The smallest absolute Gasteiger partial charge is 0.00519 e. The van der Waals surface area contributed by atoms with Crippen LogP contribution in [0.5, 0.6) is 0 Å². The molecule has 2 heteroatoms. The van der Waals surface area contributed by atoms with E-state index in [0.717, 1.165) is 5.75 Å². The van der Waals surface area contributed by atoms with E-state index in [1.165, 1.54) is 64.3 Å². The largest absolute Gasteiger partial charge is 0.320 e. The summed E-state index contributed by atoms with van der Waals surface area (Å²) in [7, 11) is 2.03. The van der Waals surface area contributed by atoms with Gasteiger partial charge in [-0.3, -0.25) is 0 Å². The van der Waals surface area contributed by atoms with E-state index in [-0.39, 0.29) is 0 Å². The third-order valence-corrected chi connectivity index (χ3v) is 2.90. The summed E-state index contributed by atoms with van der Waals surface area (Å²) in [5.74, 6) is 1.06. The van der Waals surface area contributed by atoms with Gasteiger partial charge >= 0.3 is 0 Å². The van der Waals surface area contributed by atoms with Crippen LogP contribution in [0, 0.1) is 0 Å². The van der Waals surface area contributed by atoms with E-state index in [2.05, 4.69) is 17.9 Å². The molecule has 0 heterocycles. The van der Waals surface area contributed by atoms with E-state index in [0.29, 0.717) is 0 Å². The Morgan fingerprint density at radius 1 is 0.714 bits per heavy atom. The minimum absolute atomic E-state index is 1.06. The molecule has 1 N–H and O–H groups in total. The molecule has 1 nitrogen and oxygen atoms in total. The predicted molar refractivity (Wildman–Crippen MR) is 69.3 cm³/mol. The molecule has 14 heavy (non-hydrogen) atoms. The Bertz CT molecular complexity index is 84.3. The first-order valence-electron chi connectivity index (χ1n) is 6.17. The summed E-state index contributed by atoms with van der Waals surface area (Å²) in [6, 6.07) is 0. The predicted octanol–water partition coefficient (Wildman–Crippen LogP) is 3.65. The lowest BCUT2D eigenvalue weighted by Gasteiger charge is -2.01. The van der Waals surface area contributed by atoms with Crippen LogP contribution in [0.3, 0.4) is 0 Å². The average molecular weight is 217 g/mol. The van der Waals surface area contributed by atoms with Crippen LogP contribution in [-0.4, -0.2) is 19.3 Å². The number of hydrogen-bond donors (Lipinski definition) is 2. The second kappa shape index (κ2) is 13.3. The first-order chi connectivity index (χ1) is 6.91. The van der Waals surface area contributed by atoms with Crippen molar-refractivity contribution in [3.05, 3.63) is 0 Å². The summed E-state index contributed by atoms with van der Waals surface area (Å²) in [5.41, 5.74) is 0. The van der Waals surface area contributed by atoms with E-state index in [4.69, 9.17) is 0 Å². The molecule has 0 aromatic carbocycles. The van der Waals surface area contributed by atoms with E-state index in [9.17, 15) is 0 Å². The fraction of sp³-hybridized carbons (Fsp3) is 1.00. The molecule has 0 fully saturated rings. The zero-order valence-electron chi connectivity index (χ0n) is 9.73. The molecule has 0 aromatic rings. The lowest BCUT2D eigenvalue weighted by Crippen LogP contribution is -2.06. The lowest BCUT2D eigenvalue weighted by atomic mass is 10.1. The summed E-state index contributed by atoms with van der Waals surface area (Å²) < 4.78 is 0. The minimum Gasteiger partial charge on any atom is -0.320 e. The zero-order chi connectivity index (χ0) is 10.5. The van der Waals surface area contributed by atoms with Gasteiger partial charge in [0.25, 0.3) is 0 Å². The third kappa shape index (κ3) is 12.3. The highest BCUT2D eigenvalue weighted by Crippen LogP contribution is 2.09. The van der Waals surface area contributed by atoms with Gasteiger partial charge in [0.1, 0.15) is 0 Å². The van der Waals surface area contributed by atoms with E-state index >= 15 is 0 Å². The van der Waals surface area contributed by atoms with Crippen LogP contribution < -0.4 is 5.32 Å². The summed E-state index contributed by atoms with van der Waals surface area (Å²) in [6.45, 7) is 1.18. The number of unbranched alkanes of at least 4 members (excludes halogenated alkanes) is 8.